The molecule has 0 heterocycles. The summed E-state index contributed by atoms with van der Waals surface area (Å²) in [4.78, 5) is 21.0. The number of carboxylic acids is 1. The summed E-state index contributed by atoms with van der Waals surface area (Å²) in [5.74, 6) is 4.41. The predicted octanol–water partition coefficient (Wildman–Crippen LogP) is 1.51. The van der Waals surface area contributed by atoms with Crippen LogP contribution in [0.5, 0.6) is 0 Å². The molecule has 0 aliphatic carbocycles. The number of hydrazine groups is 1. The van der Waals surface area contributed by atoms with E-state index in [0.717, 1.165) is 5.01 Å². The van der Waals surface area contributed by atoms with Crippen molar-refractivity contribution in [2.45, 2.75) is 13.0 Å². The largest absolute Gasteiger partial charge is 0.480 e. The zero-order valence-corrected chi connectivity index (χ0v) is 10.4. The number of nitro groups is 1. The molecule has 8 heteroatoms. The number of aliphatic carboxylic acids is 1. The number of nitrogens with two attached hydrogens (primary N) is 1. The zero-order chi connectivity index (χ0) is 13.2. The van der Waals surface area contributed by atoms with Gasteiger partial charge in [-0.25, -0.2) is 10.6 Å². The Balaban J connectivity index is 3.23. The fourth-order valence-corrected chi connectivity index (χ4v) is 1.53. The van der Waals surface area contributed by atoms with Crippen LogP contribution in [-0.4, -0.2) is 22.0 Å². The van der Waals surface area contributed by atoms with Crippen molar-refractivity contribution in [2.75, 3.05) is 5.01 Å². The molecule has 0 fully saturated rings. The van der Waals surface area contributed by atoms with Gasteiger partial charge < -0.3 is 5.11 Å². The first-order valence-electron chi connectivity index (χ1n) is 4.55. The van der Waals surface area contributed by atoms with Gasteiger partial charge in [-0.1, -0.05) is 15.9 Å². The number of carboxylic acid groups (broad SMARTS) is 1. The van der Waals surface area contributed by atoms with Crippen molar-refractivity contribution in [1.29, 1.82) is 0 Å². The number of nitrogens with zero attached hydrogens (tertiary/aromatic N) is 2. The standard InChI is InChI=1S/C9H10BrN3O4/c1-5(9(14)15)12(11)8-4-6(10)2-3-7(8)13(16)17/h2-5H,11H2,1H3,(H,14,15)/t5-/m1/s1. The highest BCUT2D eigenvalue weighted by Gasteiger charge is 2.25. The van der Waals surface area contributed by atoms with Gasteiger partial charge in [-0.2, -0.15) is 0 Å². The lowest BCUT2D eigenvalue weighted by atomic mass is 10.2. The maximum Gasteiger partial charge on any atom is 0.327 e. The van der Waals surface area contributed by atoms with E-state index < -0.39 is 16.9 Å². The second-order valence-corrected chi connectivity index (χ2v) is 4.23. The Bertz CT molecular complexity index is 466. The number of hydrogen-bond donors (Lipinski definition) is 2. The Morgan fingerprint density at radius 2 is 2.24 bits per heavy atom. The molecule has 0 amide bonds. The highest BCUT2D eigenvalue weighted by Crippen LogP contribution is 2.30. The van der Waals surface area contributed by atoms with Crippen molar-refractivity contribution in [2.24, 2.45) is 5.84 Å². The number of benzene rings is 1. The molecule has 0 aromatic heterocycles. The molecule has 1 rings (SSSR count). The highest BCUT2D eigenvalue weighted by atomic mass is 79.9. The van der Waals surface area contributed by atoms with E-state index in [1.54, 1.807) is 0 Å². The van der Waals surface area contributed by atoms with Crippen molar-refractivity contribution in [3.8, 4) is 0 Å². The van der Waals surface area contributed by atoms with Crippen LogP contribution >= 0.6 is 15.9 Å². The molecule has 1 atom stereocenters. The van der Waals surface area contributed by atoms with E-state index in [0.29, 0.717) is 4.47 Å². The third-order valence-electron chi connectivity index (χ3n) is 2.19. The van der Waals surface area contributed by atoms with Crippen LogP contribution in [-0.2, 0) is 4.79 Å². The Labute approximate surface area is 105 Å². The number of hydrogen-bond acceptors (Lipinski definition) is 5. The van der Waals surface area contributed by atoms with Gasteiger partial charge >= 0.3 is 5.97 Å². The lowest BCUT2D eigenvalue weighted by molar-refractivity contribution is -0.384. The van der Waals surface area contributed by atoms with Gasteiger partial charge in [0.15, 0.2) is 0 Å². The first-order chi connectivity index (χ1) is 7.84. The molecule has 0 saturated carbocycles. The summed E-state index contributed by atoms with van der Waals surface area (Å²) in [7, 11) is 0. The number of halogens is 1. The lowest BCUT2D eigenvalue weighted by Crippen LogP contribution is -2.44. The van der Waals surface area contributed by atoms with E-state index in [9.17, 15) is 14.9 Å². The van der Waals surface area contributed by atoms with E-state index in [1.807, 2.05) is 0 Å². The quantitative estimate of drug-likeness (QED) is 0.495. The number of carbonyl (C=O) groups is 1. The van der Waals surface area contributed by atoms with Gasteiger partial charge in [0.1, 0.15) is 11.7 Å². The van der Waals surface area contributed by atoms with Crippen molar-refractivity contribution in [3.63, 3.8) is 0 Å². The molecule has 7 nitrogen and oxygen atoms in total. The van der Waals surface area contributed by atoms with Crippen LogP contribution in [0.1, 0.15) is 6.92 Å². The third-order valence-corrected chi connectivity index (χ3v) is 2.68. The Hall–Kier alpha value is -1.67. The third kappa shape index (κ3) is 2.92. The average Bonchev–Trinajstić information content (AvgIpc) is 2.26. The fourth-order valence-electron chi connectivity index (χ4n) is 1.19. The van der Waals surface area contributed by atoms with E-state index in [4.69, 9.17) is 10.9 Å². The first kappa shape index (κ1) is 13.4. The number of anilines is 1. The van der Waals surface area contributed by atoms with E-state index in [1.165, 1.54) is 25.1 Å². The summed E-state index contributed by atoms with van der Waals surface area (Å²) in [5, 5.41) is 20.5. The second kappa shape index (κ2) is 5.11. The average molecular weight is 304 g/mol. The summed E-state index contributed by atoms with van der Waals surface area (Å²) >= 11 is 3.15. The van der Waals surface area contributed by atoms with E-state index in [2.05, 4.69) is 15.9 Å². The summed E-state index contributed by atoms with van der Waals surface area (Å²) in [6.07, 6.45) is 0. The number of rotatable bonds is 4. The van der Waals surface area contributed by atoms with Crippen LogP contribution in [0, 0.1) is 10.1 Å². The molecule has 0 bridgehead atoms. The van der Waals surface area contributed by atoms with Crippen molar-refractivity contribution >= 4 is 33.3 Å². The molecule has 0 saturated heterocycles. The molecule has 92 valence electrons. The Morgan fingerprint density at radius 1 is 1.65 bits per heavy atom. The molecule has 0 spiro atoms. The molecular weight excluding hydrogens is 294 g/mol. The van der Waals surface area contributed by atoms with Gasteiger partial charge in [0.05, 0.1) is 4.92 Å². The summed E-state index contributed by atoms with van der Waals surface area (Å²) < 4.78 is 0.575. The van der Waals surface area contributed by atoms with Gasteiger partial charge in [0.2, 0.25) is 0 Å². The van der Waals surface area contributed by atoms with Crippen molar-refractivity contribution < 1.29 is 14.8 Å². The fraction of sp³-hybridized carbons (Fsp3) is 0.222. The van der Waals surface area contributed by atoms with Crippen LogP contribution < -0.4 is 10.9 Å². The molecule has 17 heavy (non-hydrogen) atoms. The Morgan fingerprint density at radius 3 is 2.71 bits per heavy atom. The van der Waals surface area contributed by atoms with Gasteiger partial charge in [0, 0.05) is 10.5 Å². The molecule has 1 aromatic rings. The smallest absolute Gasteiger partial charge is 0.327 e. The van der Waals surface area contributed by atoms with Crippen LogP contribution in [0.15, 0.2) is 22.7 Å². The molecule has 0 aliphatic heterocycles. The molecule has 0 aliphatic rings. The molecule has 1 aromatic carbocycles. The second-order valence-electron chi connectivity index (χ2n) is 3.31. The Kier molecular flexibility index (Phi) is 4.02. The van der Waals surface area contributed by atoms with Crippen LogP contribution in [0.4, 0.5) is 11.4 Å². The first-order valence-corrected chi connectivity index (χ1v) is 5.34. The van der Waals surface area contributed by atoms with Crippen LogP contribution in [0.25, 0.3) is 0 Å². The van der Waals surface area contributed by atoms with Gasteiger partial charge in [-0.15, -0.1) is 0 Å². The SMILES string of the molecule is C[C@H](C(=O)O)N(N)c1cc(Br)ccc1[N+](=O)[O-]. The van der Waals surface area contributed by atoms with Gasteiger partial charge in [0.25, 0.3) is 5.69 Å². The van der Waals surface area contributed by atoms with Crippen LogP contribution in [0.3, 0.4) is 0 Å². The molecule has 3 N–H and O–H groups in total. The van der Waals surface area contributed by atoms with Crippen molar-refractivity contribution in [1.82, 2.24) is 0 Å². The minimum Gasteiger partial charge on any atom is -0.480 e. The highest BCUT2D eigenvalue weighted by molar-refractivity contribution is 9.10. The predicted molar refractivity (Wildman–Crippen MR) is 64.6 cm³/mol. The van der Waals surface area contributed by atoms with Crippen molar-refractivity contribution in [3.05, 3.63) is 32.8 Å². The topological polar surface area (TPSA) is 110 Å². The normalized spacial score (nSPS) is 11.9. The lowest BCUT2D eigenvalue weighted by Gasteiger charge is -2.22. The molecular formula is C9H10BrN3O4. The van der Waals surface area contributed by atoms with Gasteiger partial charge in [-0.05, 0) is 19.1 Å². The number of nitro benzene ring substituents is 1. The summed E-state index contributed by atoms with van der Waals surface area (Å²) in [5.41, 5.74) is -0.205. The van der Waals surface area contributed by atoms with E-state index in [-0.39, 0.29) is 11.4 Å². The van der Waals surface area contributed by atoms with E-state index >= 15 is 0 Å². The molecule has 0 radical (unpaired) electrons. The van der Waals surface area contributed by atoms with Gasteiger partial charge in [-0.3, -0.25) is 15.1 Å². The minimum atomic E-state index is -1.17. The summed E-state index contributed by atoms with van der Waals surface area (Å²) in [6, 6.07) is 3.08. The summed E-state index contributed by atoms with van der Waals surface area (Å²) in [6.45, 7) is 1.34. The maximum atomic E-state index is 10.8. The van der Waals surface area contributed by atoms with Crippen LogP contribution in [0.2, 0.25) is 0 Å². The monoisotopic (exact) mass is 303 g/mol. The molecule has 0 unspecified atom stereocenters. The minimum absolute atomic E-state index is 0.0410. The maximum absolute atomic E-state index is 10.8. The zero-order valence-electron chi connectivity index (χ0n) is 8.83.